The average Bonchev–Trinajstić information content (AvgIpc) is 2.87. The Morgan fingerprint density at radius 1 is 1.36 bits per heavy atom. The van der Waals surface area contributed by atoms with Gasteiger partial charge in [-0.1, -0.05) is 0 Å². The maximum Gasteiger partial charge on any atom is 0.411 e. The van der Waals surface area contributed by atoms with Crippen molar-refractivity contribution in [3.05, 3.63) is 36.4 Å². The SMILES string of the molecule is COC(=O)Nc1ccc(NC(=O)C[n+]2cc[nH]c2C)cc1O. The number of aromatic hydroxyl groups is 1. The number of imidazole rings is 1. The van der Waals surface area contributed by atoms with Crippen LogP contribution in [0.3, 0.4) is 0 Å². The van der Waals surface area contributed by atoms with E-state index in [1.54, 1.807) is 23.0 Å². The molecule has 0 spiro atoms. The second kappa shape index (κ2) is 6.61. The van der Waals surface area contributed by atoms with Gasteiger partial charge in [0.05, 0.1) is 12.8 Å². The number of nitrogens with zero attached hydrogens (tertiary/aromatic N) is 1. The number of aromatic nitrogens is 2. The van der Waals surface area contributed by atoms with Crippen LogP contribution < -0.4 is 15.2 Å². The zero-order valence-corrected chi connectivity index (χ0v) is 12.2. The van der Waals surface area contributed by atoms with Gasteiger partial charge in [-0.3, -0.25) is 10.1 Å². The highest BCUT2D eigenvalue weighted by Gasteiger charge is 2.12. The lowest BCUT2D eigenvalue weighted by Crippen LogP contribution is -2.40. The van der Waals surface area contributed by atoms with Gasteiger partial charge in [0.15, 0.2) is 6.54 Å². The third kappa shape index (κ3) is 3.75. The number of methoxy groups -OCH3 is 1. The standard InChI is InChI=1S/C14H16N4O4/c1-9-15-5-6-18(9)8-13(20)16-10-3-4-11(12(19)7-10)17-14(21)22-2/h3-7H,8H2,1-2H3,(H3,16,17,19,20,21)/p+1. The number of phenolic OH excluding ortho intramolecular Hbond substituents is 1. The first-order chi connectivity index (χ1) is 10.5. The highest BCUT2D eigenvalue weighted by atomic mass is 16.5. The molecule has 1 aromatic heterocycles. The molecule has 2 amide bonds. The Bertz CT molecular complexity index is 696. The molecule has 0 unspecified atom stereocenters. The maximum absolute atomic E-state index is 11.9. The maximum atomic E-state index is 11.9. The van der Waals surface area contributed by atoms with Crippen molar-refractivity contribution in [2.75, 3.05) is 17.7 Å². The number of benzene rings is 1. The van der Waals surface area contributed by atoms with Crippen LogP contribution in [0.2, 0.25) is 0 Å². The van der Waals surface area contributed by atoms with Gasteiger partial charge >= 0.3 is 6.09 Å². The number of rotatable bonds is 4. The van der Waals surface area contributed by atoms with E-state index >= 15 is 0 Å². The van der Waals surface area contributed by atoms with Crippen molar-refractivity contribution in [3.8, 4) is 5.75 Å². The molecular weight excluding hydrogens is 288 g/mol. The second-order valence-electron chi connectivity index (χ2n) is 4.57. The molecule has 0 bridgehead atoms. The molecule has 0 saturated heterocycles. The van der Waals surface area contributed by atoms with Crippen molar-refractivity contribution in [1.82, 2.24) is 4.98 Å². The molecule has 0 aliphatic rings. The number of hydrogen-bond donors (Lipinski definition) is 4. The van der Waals surface area contributed by atoms with Crippen molar-refractivity contribution >= 4 is 23.4 Å². The zero-order chi connectivity index (χ0) is 16.1. The molecule has 0 aliphatic carbocycles. The van der Waals surface area contributed by atoms with E-state index in [4.69, 9.17) is 0 Å². The van der Waals surface area contributed by atoms with Gasteiger partial charge in [-0.2, -0.15) is 0 Å². The molecule has 2 rings (SSSR count). The molecule has 0 saturated carbocycles. The van der Waals surface area contributed by atoms with Gasteiger partial charge in [0.25, 0.3) is 11.7 Å². The fourth-order valence-corrected chi connectivity index (χ4v) is 1.85. The van der Waals surface area contributed by atoms with Crippen LogP contribution in [0.25, 0.3) is 0 Å². The average molecular weight is 305 g/mol. The van der Waals surface area contributed by atoms with E-state index in [2.05, 4.69) is 20.4 Å². The summed E-state index contributed by atoms with van der Waals surface area (Å²) in [6.45, 7) is 2.00. The summed E-state index contributed by atoms with van der Waals surface area (Å²) in [5, 5.41) is 14.8. The van der Waals surface area contributed by atoms with Crippen LogP contribution >= 0.6 is 0 Å². The lowest BCUT2D eigenvalue weighted by atomic mass is 10.2. The van der Waals surface area contributed by atoms with Gasteiger partial charge in [0.2, 0.25) is 0 Å². The van der Waals surface area contributed by atoms with Gasteiger partial charge in [-0.25, -0.2) is 14.3 Å². The molecule has 1 heterocycles. The lowest BCUT2D eigenvalue weighted by molar-refractivity contribution is -0.688. The number of hydrogen-bond acceptors (Lipinski definition) is 4. The fraction of sp³-hybridized carbons (Fsp3) is 0.214. The largest absolute Gasteiger partial charge is 0.506 e. The molecule has 0 radical (unpaired) electrons. The number of nitrogens with one attached hydrogen (secondary N) is 3. The molecule has 0 aliphatic heterocycles. The van der Waals surface area contributed by atoms with Crippen molar-refractivity contribution in [2.24, 2.45) is 0 Å². The van der Waals surface area contributed by atoms with Gasteiger partial charge in [-0.15, -0.1) is 0 Å². The number of aromatic amines is 1. The Hall–Kier alpha value is -3.03. The van der Waals surface area contributed by atoms with E-state index in [1.807, 2.05) is 6.92 Å². The molecule has 0 atom stereocenters. The summed E-state index contributed by atoms with van der Waals surface area (Å²) in [6.07, 6.45) is 2.81. The summed E-state index contributed by atoms with van der Waals surface area (Å²) >= 11 is 0. The Balaban J connectivity index is 2.01. The normalized spacial score (nSPS) is 10.1. The van der Waals surface area contributed by atoms with Crippen LogP contribution in [0.5, 0.6) is 5.75 Å². The monoisotopic (exact) mass is 305 g/mol. The van der Waals surface area contributed by atoms with Crippen LogP contribution in [0, 0.1) is 6.92 Å². The minimum atomic E-state index is -0.689. The van der Waals surface area contributed by atoms with E-state index in [0.29, 0.717) is 5.69 Å². The summed E-state index contributed by atoms with van der Waals surface area (Å²) in [6, 6.07) is 4.38. The van der Waals surface area contributed by atoms with E-state index in [9.17, 15) is 14.7 Å². The second-order valence-corrected chi connectivity index (χ2v) is 4.57. The minimum Gasteiger partial charge on any atom is -0.506 e. The number of amides is 2. The highest BCUT2D eigenvalue weighted by Crippen LogP contribution is 2.26. The van der Waals surface area contributed by atoms with Crippen molar-refractivity contribution in [2.45, 2.75) is 13.5 Å². The quantitative estimate of drug-likeness (QED) is 0.502. The molecule has 1 aromatic carbocycles. The summed E-state index contributed by atoms with van der Waals surface area (Å²) in [5.74, 6) is 0.449. The van der Waals surface area contributed by atoms with Gasteiger partial charge in [0, 0.05) is 18.7 Å². The van der Waals surface area contributed by atoms with E-state index in [1.165, 1.54) is 19.2 Å². The first-order valence-corrected chi connectivity index (χ1v) is 6.51. The van der Waals surface area contributed by atoms with Gasteiger partial charge in [0.1, 0.15) is 18.1 Å². The number of phenols is 1. The Morgan fingerprint density at radius 3 is 2.73 bits per heavy atom. The molecule has 4 N–H and O–H groups in total. The highest BCUT2D eigenvalue weighted by molar-refractivity contribution is 5.91. The predicted molar refractivity (Wildman–Crippen MR) is 78.5 cm³/mol. The third-order valence-corrected chi connectivity index (χ3v) is 3.00. The Kier molecular flexibility index (Phi) is 4.62. The number of H-pyrrole nitrogens is 1. The number of anilines is 2. The molecule has 22 heavy (non-hydrogen) atoms. The summed E-state index contributed by atoms with van der Waals surface area (Å²) in [4.78, 5) is 26.0. The molecule has 2 aromatic rings. The van der Waals surface area contributed by atoms with Crippen molar-refractivity contribution in [3.63, 3.8) is 0 Å². The Morgan fingerprint density at radius 2 is 2.14 bits per heavy atom. The van der Waals surface area contributed by atoms with Crippen LogP contribution in [0.4, 0.5) is 16.2 Å². The lowest BCUT2D eigenvalue weighted by Gasteiger charge is -2.09. The van der Waals surface area contributed by atoms with E-state index in [-0.39, 0.29) is 23.9 Å². The third-order valence-electron chi connectivity index (χ3n) is 3.00. The number of carbonyl (C=O) groups is 2. The molecule has 8 nitrogen and oxygen atoms in total. The van der Waals surface area contributed by atoms with Crippen molar-refractivity contribution in [1.29, 1.82) is 0 Å². The van der Waals surface area contributed by atoms with Gasteiger partial charge in [-0.05, 0) is 12.1 Å². The van der Waals surface area contributed by atoms with E-state index in [0.717, 1.165) is 5.82 Å². The minimum absolute atomic E-state index is 0.151. The number of aryl methyl sites for hydroxylation is 1. The zero-order valence-electron chi connectivity index (χ0n) is 12.2. The smallest absolute Gasteiger partial charge is 0.411 e. The molecule has 116 valence electrons. The summed E-state index contributed by atoms with van der Waals surface area (Å²) in [7, 11) is 1.22. The van der Waals surface area contributed by atoms with Crippen LogP contribution in [-0.4, -0.2) is 29.2 Å². The summed E-state index contributed by atoms with van der Waals surface area (Å²) < 4.78 is 6.19. The first-order valence-electron chi connectivity index (χ1n) is 6.51. The first kappa shape index (κ1) is 15.4. The topological polar surface area (TPSA) is 107 Å². The summed E-state index contributed by atoms with van der Waals surface area (Å²) in [5.41, 5.74) is 0.618. The van der Waals surface area contributed by atoms with Crippen molar-refractivity contribution < 1.29 is 24.0 Å². The number of carbonyl (C=O) groups excluding carboxylic acids is 2. The van der Waals surface area contributed by atoms with E-state index < -0.39 is 6.09 Å². The Labute approximate surface area is 126 Å². The van der Waals surface area contributed by atoms with Crippen LogP contribution in [0.15, 0.2) is 30.6 Å². The fourth-order valence-electron chi connectivity index (χ4n) is 1.85. The molecule has 0 fully saturated rings. The molecular formula is C14H17N4O4+. The number of ether oxygens (including phenoxy) is 1. The van der Waals surface area contributed by atoms with Crippen LogP contribution in [-0.2, 0) is 16.1 Å². The predicted octanol–water partition coefficient (Wildman–Crippen LogP) is 1.13. The van der Waals surface area contributed by atoms with Crippen LogP contribution in [0.1, 0.15) is 5.82 Å². The molecule has 8 heteroatoms. The van der Waals surface area contributed by atoms with Gasteiger partial charge < -0.3 is 15.2 Å².